The third kappa shape index (κ3) is 4.77. The van der Waals surface area contributed by atoms with Crippen molar-refractivity contribution in [3.8, 4) is 5.75 Å². The number of esters is 2. The number of hydrogen-bond acceptors (Lipinski definition) is 6. The summed E-state index contributed by atoms with van der Waals surface area (Å²) < 4.78 is 9.95. The van der Waals surface area contributed by atoms with Crippen LogP contribution in [0, 0.1) is 5.92 Å². The summed E-state index contributed by atoms with van der Waals surface area (Å²) in [6, 6.07) is 25.1. The van der Waals surface area contributed by atoms with Crippen LogP contribution in [0.25, 0.3) is 0 Å². The van der Waals surface area contributed by atoms with Crippen LogP contribution in [-0.4, -0.2) is 23.3 Å². The first kappa shape index (κ1) is 23.8. The molecule has 1 aliphatic rings. The van der Waals surface area contributed by atoms with Crippen molar-refractivity contribution in [1.29, 1.82) is 0 Å². The maximum Gasteiger partial charge on any atom is 0.333 e. The third-order valence-corrected chi connectivity index (χ3v) is 6.98. The predicted octanol–water partition coefficient (Wildman–Crippen LogP) is 5.82. The SMILES string of the molecule is CC(C)(C)OC(=O)C(CC(=O)c1ccccc1)C1(Sc2ccccc2)C(=O)Oc2ccccc21. The van der Waals surface area contributed by atoms with Crippen molar-refractivity contribution in [2.24, 2.45) is 5.92 Å². The number of Topliss-reactive ketones (excluding diaryl/α,β-unsaturated/α-hetero) is 1. The van der Waals surface area contributed by atoms with E-state index < -0.39 is 28.2 Å². The molecule has 0 bridgehead atoms. The average Bonchev–Trinajstić information content (AvgIpc) is 3.09. The molecule has 2 atom stereocenters. The van der Waals surface area contributed by atoms with Crippen molar-refractivity contribution in [2.45, 2.75) is 42.4 Å². The highest BCUT2D eigenvalue weighted by atomic mass is 32.2. The Morgan fingerprint density at radius 3 is 2.15 bits per heavy atom. The molecule has 4 rings (SSSR count). The van der Waals surface area contributed by atoms with Gasteiger partial charge in [0.15, 0.2) is 10.5 Å². The van der Waals surface area contributed by atoms with Gasteiger partial charge in [-0.2, -0.15) is 0 Å². The molecule has 2 unspecified atom stereocenters. The number of benzene rings is 3. The molecule has 1 aliphatic heterocycles. The van der Waals surface area contributed by atoms with Crippen LogP contribution in [0.2, 0.25) is 0 Å². The highest BCUT2D eigenvalue weighted by molar-refractivity contribution is 8.01. The molecule has 0 N–H and O–H groups in total. The van der Waals surface area contributed by atoms with Gasteiger partial charge in [-0.3, -0.25) is 9.59 Å². The Morgan fingerprint density at radius 1 is 0.912 bits per heavy atom. The van der Waals surface area contributed by atoms with E-state index in [0.717, 1.165) is 4.90 Å². The van der Waals surface area contributed by atoms with Crippen LogP contribution in [0.4, 0.5) is 0 Å². The fourth-order valence-electron chi connectivity index (χ4n) is 4.01. The standard InChI is InChI=1S/C28H26O5S/c1-27(2,3)33-25(30)22(18-23(29)19-12-6-4-7-13-19)28(34-20-14-8-5-9-15-20)21-16-10-11-17-24(21)32-26(28)31/h4-17,22H,18H2,1-3H3. The van der Waals surface area contributed by atoms with Crippen molar-refractivity contribution in [3.63, 3.8) is 0 Å². The highest BCUT2D eigenvalue weighted by Gasteiger charge is 2.59. The van der Waals surface area contributed by atoms with Crippen LogP contribution in [0.1, 0.15) is 43.1 Å². The van der Waals surface area contributed by atoms with E-state index in [2.05, 4.69) is 0 Å². The predicted molar refractivity (Wildman–Crippen MR) is 131 cm³/mol. The maximum atomic E-state index is 13.7. The maximum absolute atomic E-state index is 13.7. The van der Waals surface area contributed by atoms with Crippen molar-refractivity contribution in [2.75, 3.05) is 0 Å². The lowest BCUT2D eigenvalue weighted by Crippen LogP contribution is -2.45. The first-order chi connectivity index (χ1) is 16.2. The second kappa shape index (κ2) is 9.47. The summed E-state index contributed by atoms with van der Waals surface area (Å²) in [6.07, 6.45) is -0.206. The van der Waals surface area contributed by atoms with Gasteiger partial charge in [-0.15, -0.1) is 11.8 Å². The number of hydrogen-bond donors (Lipinski definition) is 0. The number of para-hydroxylation sites is 1. The van der Waals surface area contributed by atoms with Crippen molar-refractivity contribution >= 4 is 29.5 Å². The van der Waals surface area contributed by atoms with Gasteiger partial charge in [0.05, 0.1) is 5.92 Å². The molecule has 0 spiro atoms. The first-order valence-electron chi connectivity index (χ1n) is 11.1. The van der Waals surface area contributed by atoms with E-state index in [4.69, 9.17) is 9.47 Å². The zero-order valence-corrected chi connectivity index (χ0v) is 20.1. The number of thioether (sulfide) groups is 1. The van der Waals surface area contributed by atoms with Gasteiger partial charge in [0.2, 0.25) is 0 Å². The molecule has 0 radical (unpaired) electrons. The molecule has 6 heteroatoms. The molecule has 3 aromatic rings. The zero-order chi connectivity index (χ0) is 24.3. The fourth-order valence-corrected chi connectivity index (χ4v) is 5.40. The lowest BCUT2D eigenvalue weighted by Gasteiger charge is -2.34. The number of fused-ring (bicyclic) bond motifs is 1. The molecule has 3 aromatic carbocycles. The lowest BCUT2D eigenvalue weighted by molar-refractivity contribution is -0.163. The lowest BCUT2D eigenvalue weighted by atomic mass is 9.81. The molecule has 0 aliphatic carbocycles. The molecule has 0 amide bonds. The Hall–Kier alpha value is -3.38. The molecule has 1 heterocycles. The van der Waals surface area contributed by atoms with E-state index >= 15 is 0 Å². The summed E-state index contributed by atoms with van der Waals surface area (Å²) in [5.41, 5.74) is 0.229. The largest absolute Gasteiger partial charge is 0.460 e. The summed E-state index contributed by atoms with van der Waals surface area (Å²) in [7, 11) is 0. The van der Waals surface area contributed by atoms with Gasteiger partial charge in [0, 0.05) is 22.4 Å². The van der Waals surface area contributed by atoms with E-state index in [0.29, 0.717) is 16.9 Å². The van der Waals surface area contributed by atoms with Crippen LogP contribution >= 0.6 is 11.8 Å². The van der Waals surface area contributed by atoms with Crippen molar-refractivity contribution in [3.05, 3.63) is 96.1 Å². The van der Waals surface area contributed by atoms with E-state index in [1.54, 1.807) is 69.3 Å². The van der Waals surface area contributed by atoms with Crippen LogP contribution in [0.3, 0.4) is 0 Å². The topological polar surface area (TPSA) is 69.7 Å². The Kier molecular flexibility index (Phi) is 6.62. The van der Waals surface area contributed by atoms with Crippen LogP contribution in [-0.2, 0) is 19.1 Å². The van der Waals surface area contributed by atoms with Crippen molar-refractivity contribution < 1.29 is 23.9 Å². The zero-order valence-electron chi connectivity index (χ0n) is 19.3. The molecular weight excluding hydrogens is 448 g/mol. The summed E-state index contributed by atoms with van der Waals surface area (Å²) in [4.78, 5) is 41.4. The fraction of sp³-hybridized carbons (Fsp3) is 0.250. The number of ether oxygens (including phenoxy) is 2. The minimum Gasteiger partial charge on any atom is -0.460 e. The summed E-state index contributed by atoms with van der Waals surface area (Å²) >= 11 is 1.22. The van der Waals surface area contributed by atoms with Gasteiger partial charge in [-0.1, -0.05) is 66.7 Å². The van der Waals surface area contributed by atoms with Gasteiger partial charge >= 0.3 is 11.9 Å². The first-order valence-corrected chi connectivity index (χ1v) is 11.9. The van der Waals surface area contributed by atoms with Gasteiger partial charge in [-0.25, -0.2) is 4.79 Å². The minimum atomic E-state index is -1.48. The quantitative estimate of drug-likeness (QED) is 0.244. The van der Waals surface area contributed by atoms with Crippen LogP contribution in [0.5, 0.6) is 5.75 Å². The average molecular weight is 475 g/mol. The Labute approximate surface area is 203 Å². The summed E-state index contributed by atoms with van der Waals surface area (Å²) in [5.74, 6) is -2.17. The Morgan fingerprint density at radius 2 is 1.50 bits per heavy atom. The Balaban J connectivity index is 1.87. The van der Waals surface area contributed by atoms with Gasteiger partial charge in [0.1, 0.15) is 11.4 Å². The van der Waals surface area contributed by atoms with E-state index in [1.807, 2.05) is 36.4 Å². The van der Waals surface area contributed by atoms with Gasteiger partial charge < -0.3 is 9.47 Å². The van der Waals surface area contributed by atoms with Crippen molar-refractivity contribution in [1.82, 2.24) is 0 Å². The second-order valence-corrected chi connectivity index (χ2v) is 10.4. The van der Waals surface area contributed by atoms with E-state index in [9.17, 15) is 14.4 Å². The number of ketones is 1. The molecule has 0 saturated carbocycles. The van der Waals surface area contributed by atoms with Gasteiger partial charge in [0.25, 0.3) is 0 Å². The summed E-state index contributed by atoms with van der Waals surface area (Å²) in [5, 5.41) is 0. The molecule has 0 aromatic heterocycles. The minimum absolute atomic E-state index is 0.206. The Bertz CT molecular complexity index is 1200. The second-order valence-electron chi connectivity index (χ2n) is 9.12. The number of carbonyl (C=O) groups is 3. The molecular formula is C28H26O5S. The highest BCUT2D eigenvalue weighted by Crippen LogP contribution is 2.56. The molecule has 34 heavy (non-hydrogen) atoms. The molecule has 5 nitrogen and oxygen atoms in total. The molecule has 0 fully saturated rings. The smallest absolute Gasteiger partial charge is 0.333 e. The normalized spacial score (nSPS) is 18.0. The van der Waals surface area contributed by atoms with Crippen LogP contribution < -0.4 is 4.74 Å². The van der Waals surface area contributed by atoms with E-state index in [-0.39, 0.29) is 12.2 Å². The van der Waals surface area contributed by atoms with Gasteiger partial charge in [-0.05, 0) is 39.0 Å². The monoisotopic (exact) mass is 474 g/mol. The third-order valence-electron chi connectivity index (χ3n) is 5.48. The molecule has 0 saturated heterocycles. The van der Waals surface area contributed by atoms with E-state index in [1.165, 1.54) is 11.8 Å². The summed E-state index contributed by atoms with van der Waals surface area (Å²) in [6.45, 7) is 5.29. The number of rotatable bonds is 7. The number of carbonyl (C=O) groups excluding carboxylic acids is 3. The molecule has 174 valence electrons. The van der Waals surface area contributed by atoms with Crippen LogP contribution in [0.15, 0.2) is 89.8 Å².